The maximum atomic E-state index is 12.2. The molecule has 9 heteroatoms. The van der Waals surface area contributed by atoms with Gasteiger partial charge in [0.05, 0.1) is 0 Å². The van der Waals surface area contributed by atoms with Gasteiger partial charge in [0.1, 0.15) is 5.84 Å². The first kappa shape index (κ1) is 16.2. The minimum Gasteiger partial charge on any atom is -0.384 e. The van der Waals surface area contributed by atoms with E-state index in [1.165, 1.54) is 10.8 Å². The van der Waals surface area contributed by atoms with Gasteiger partial charge in [-0.15, -0.1) is 0 Å². The van der Waals surface area contributed by atoms with Crippen LogP contribution < -0.4 is 10.5 Å². The molecule has 0 saturated carbocycles. The quantitative estimate of drug-likeness (QED) is 0.591. The molecule has 0 amide bonds. The maximum absolute atomic E-state index is 12.2. The predicted octanol–water partition coefficient (Wildman–Crippen LogP) is 2.06. The first-order valence-electron chi connectivity index (χ1n) is 6.03. The number of fused-ring (bicyclic) bond motifs is 1. The van der Waals surface area contributed by atoms with E-state index < -0.39 is 22.1 Å². The van der Waals surface area contributed by atoms with E-state index in [-0.39, 0.29) is 5.84 Å². The smallest absolute Gasteiger partial charge is 0.384 e. The van der Waals surface area contributed by atoms with Gasteiger partial charge in [-0.25, -0.2) is 13.1 Å². The van der Waals surface area contributed by atoms with Crippen LogP contribution in [0.4, 0.5) is 13.2 Å². The van der Waals surface area contributed by atoms with Crippen LogP contribution in [0.15, 0.2) is 36.4 Å². The van der Waals surface area contributed by atoms with Crippen molar-refractivity contribution in [3.8, 4) is 0 Å². The zero-order chi connectivity index (χ0) is 16.5. The zero-order valence-corrected chi connectivity index (χ0v) is 11.9. The number of sulfonamides is 1. The van der Waals surface area contributed by atoms with Gasteiger partial charge in [-0.1, -0.05) is 24.3 Å². The van der Waals surface area contributed by atoms with Gasteiger partial charge < -0.3 is 5.73 Å². The molecule has 0 aliphatic heterocycles. The standard InChI is InChI=1S/C13H12F3N3O2S/c14-13(15,16)22(20,21)19-7-8-1-2-9-3-4-10(12(17)18)6-11(9)5-8/h1-6,19H,7H2,(H3,17,18). The van der Waals surface area contributed by atoms with E-state index in [1.807, 2.05) is 0 Å². The lowest BCUT2D eigenvalue weighted by Crippen LogP contribution is -2.35. The average Bonchev–Trinajstić information content (AvgIpc) is 2.43. The molecule has 0 radical (unpaired) electrons. The van der Waals surface area contributed by atoms with Crippen molar-refractivity contribution in [1.29, 1.82) is 5.41 Å². The molecule has 2 rings (SSSR count). The number of nitrogens with two attached hydrogens (primary N) is 1. The minimum atomic E-state index is -5.37. The fourth-order valence-corrected chi connectivity index (χ4v) is 2.35. The van der Waals surface area contributed by atoms with Crippen molar-refractivity contribution < 1.29 is 21.6 Å². The summed E-state index contributed by atoms with van der Waals surface area (Å²) >= 11 is 0. The summed E-state index contributed by atoms with van der Waals surface area (Å²) in [4.78, 5) is 0. The third kappa shape index (κ3) is 3.37. The highest BCUT2D eigenvalue weighted by atomic mass is 32.2. The van der Waals surface area contributed by atoms with E-state index in [9.17, 15) is 21.6 Å². The van der Waals surface area contributed by atoms with Crippen molar-refractivity contribution in [1.82, 2.24) is 4.72 Å². The number of amidine groups is 1. The van der Waals surface area contributed by atoms with Crippen LogP contribution in [0.25, 0.3) is 10.8 Å². The molecular formula is C13H12F3N3O2S. The van der Waals surface area contributed by atoms with E-state index in [0.29, 0.717) is 16.5 Å². The Hall–Kier alpha value is -2.13. The summed E-state index contributed by atoms with van der Waals surface area (Å²) in [5.41, 5.74) is 0.866. The Kier molecular flexibility index (Phi) is 4.12. The summed E-state index contributed by atoms with van der Waals surface area (Å²) in [5, 5.41) is 8.81. The highest BCUT2D eigenvalue weighted by molar-refractivity contribution is 7.90. The molecule has 0 aromatic heterocycles. The fraction of sp³-hybridized carbons (Fsp3) is 0.154. The third-order valence-corrected chi connectivity index (χ3v) is 4.12. The molecule has 4 N–H and O–H groups in total. The molecule has 0 atom stereocenters. The number of alkyl halides is 3. The van der Waals surface area contributed by atoms with E-state index in [0.717, 1.165) is 5.39 Å². The molecule has 118 valence electrons. The van der Waals surface area contributed by atoms with E-state index >= 15 is 0 Å². The van der Waals surface area contributed by atoms with Gasteiger partial charge in [-0.3, -0.25) is 5.41 Å². The Labute approximate surface area is 124 Å². The number of hydrogen-bond acceptors (Lipinski definition) is 3. The molecule has 0 aliphatic rings. The molecule has 5 nitrogen and oxygen atoms in total. The van der Waals surface area contributed by atoms with Gasteiger partial charge in [0.25, 0.3) is 0 Å². The Bertz CT molecular complexity index is 832. The van der Waals surface area contributed by atoms with E-state index in [1.54, 1.807) is 30.3 Å². The lowest BCUT2D eigenvalue weighted by Gasteiger charge is -2.10. The summed E-state index contributed by atoms with van der Waals surface area (Å²) in [6.45, 7) is -0.484. The van der Waals surface area contributed by atoms with Gasteiger partial charge in [0.15, 0.2) is 0 Å². The van der Waals surface area contributed by atoms with Gasteiger partial charge in [-0.05, 0) is 28.5 Å². The van der Waals surface area contributed by atoms with Gasteiger partial charge in [0, 0.05) is 12.1 Å². The number of halogens is 3. The highest BCUT2D eigenvalue weighted by Crippen LogP contribution is 2.23. The SMILES string of the molecule is N=C(N)c1ccc2ccc(CNS(=O)(=O)C(F)(F)F)cc2c1. The predicted molar refractivity (Wildman–Crippen MR) is 76.8 cm³/mol. The fourth-order valence-electron chi connectivity index (χ4n) is 1.83. The van der Waals surface area contributed by atoms with Crippen LogP contribution in [0.5, 0.6) is 0 Å². The molecule has 0 saturated heterocycles. The van der Waals surface area contributed by atoms with Crippen LogP contribution in [0.2, 0.25) is 0 Å². The van der Waals surface area contributed by atoms with Crippen molar-refractivity contribution in [2.24, 2.45) is 5.73 Å². The summed E-state index contributed by atoms with van der Waals surface area (Å²) in [6, 6.07) is 9.69. The normalized spacial score (nSPS) is 12.5. The third-order valence-electron chi connectivity index (χ3n) is 2.99. The molecule has 2 aromatic rings. The maximum Gasteiger partial charge on any atom is 0.511 e. The van der Waals surface area contributed by atoms with Crippen LogP contribution in [0, 0.1) is 5.41 Å². The molecule has 0 heterocycles. The molecule has 2 aromatic carbocycles. The zero-order valence-electron chi connectivity index (χ0n) is 11.1. The van der Waals surface area contributed by atoms with Crippen molar-refractivity contribution in [2.75, 3.05) is 0 Å². The number of hydrogen-bond donors (Lipinski definition) is 3. The van der Waals surface area contributed by atoms with Gasteiger partial charge >= 0.3 is 15.5 Å². The Balaban J connectivity index is 2.28. The Morgan fingerprint density at radius 2 is 1.77 bits per heavy atom. The van der Waals surface area contributed by atoms with E-state index in [2.05, 4.69) is 0 Å². The van der Waals surface area contributed by atoms with Crippen molar-refractivity contribution in [2.45, 2.75) is 12.1 Å². The number of nitrogen functional groups attached to an aromatic ring is 1. The topological polar surface area (TPSA) is 96.0 Å². The summed E-state index contributed by atoms with van der Waals surface area (Å²) in [6.07, 6.45) is 0. The molecular weight excluding hydrogens is 319 g/mol. The van der Waals surface area contributed by atoms with Crippen LogP contribution >= 0.6 is 0 Å². The monoisotopic (exact) mass is 331 g/mol. The van der Waals surface area contributed by atoms with Gasteiger partial charge in [0.2, 0.25) is 0 Å². The van der Waals surface area contributed by atoms with Crippen LogP contribution in [0.1, 0.15) is 11.1 Å². The summed E-state index contributed by atoms with van der Waals surface area (Å²) in [7, 11) is -5.37. The summed E-state index contributed by atoms with van der Waals surface area (Å²) < 4.78 is 60.1. The molecule has 0 bridgehead atoms. The second-order valence-corrected chi connectivity index (χ2v) is 6.34. The lowest BCUT2D eigenvalue weighted by molar-refractivity contribution is -0.0448. The Morgan fingerprint density at radius 1 is 1.14 bits per heavy atom. The number of rotatable bonds is 4. The number of nitrogens with one attached hydrogen (secondary N) is 2. The van der Waals surface area contributed by atoms with E-state index in [4.69, 9.17) is 11.1 Å². The Morgan fingerprint density at radius 3 is 2.36 bits per heavy atom. The lowest BCUT2D eigenvalue weighted by atomic mass is 10.0. The first-order chi connectivity index (χ1) is 10.1. The van der Waals surface area contributed by atoms with Gasteiger partial charge in [-0.2, -0.15) is 13.2 Å². The summed E-state index contributed by atoms with van der Waals surface area (Å²) in [5.74, 6) is -0.134. The molecule has 0 spiro atoms. The van der Waals surface area contributed by atoms with Crippen molar-refractivity contribution in [3.63, 3.8) is 0 Å². The molecule has 0 aliphatic carbocycles. The molecule has 0 unspecified atom stereocenters. The molecule has 0 fully saturated rings. The minimum absolute atomic E-state index is 0.134. The number of benzene rings is 2. The second-order valence-electron chi connectivity index (χ2n) is 4.58. The molecule has 22 heavy (non-hydrogen) atoms. The second kappa shape index (κ2) is 5.58. The highest BCUT2D eigenvalue weighted by Gasteiger charge is 2.45. The first-order valence-corrected chi connectivity index (χ1v) is 7.51. The van der Waals surface area contributed by atoms with Crippen molar-refractivity contribution in [3.05, 3.63) is 47.5 Å². The van der Waals surface area contributed by atoms with Crippen LogP contribution in [-0.2, 0) is 16.6 Å². The van der Waals surface area contributed by atoms with Crippen LogP contribution in [0.3, 0.4) is 0 Å². The van der Waals surface area contributed by atoms with Crippen molar-refractivity contribution >= 4 is 26.6 Å². The largest absolute Gasteiger partial charge is 0.511 e. The average molecular weight is 331 g/mol. The van der Waals surface area contributed by atoms with Crippen LogP contribution in [-0.4, -0.2) is 19.8 Å².